The number of pyridine rings is 1. The number of anilines is 1. The van der Waals surface area contributed by atoms with Crippen molar-refractivity contribution in [3.05, 3.63) is 18.2 Å². The molecule has 0 saturated heterocycles. The Balaban J connectivity index is 2.64. The quantitative estimate of drug-likeness (QED) is 0.757. The lowest BCUT2D eigenvalue weighted by molar-refractivity contribution is 0.398. The van der Waals surface area contributed by atoms with E-state index in [2.05, 4.69) is 9.88 Å². The molecule has 14 heavy (non-hydrogen) atoms. The van der Waals surface area contributed by atoms with E-state index in [0.29, 0.717) is 12.4 Å². The molecule has 0 radical (unpaired) electrons. The van der Waals surface area contributed by atoms with Crippen LogP contribution in [0.25, 0.3) is 0 Å². The average molecular weight is 195 g/mol. The molecule has 78 valence electrons. The van der Waals surface area contributed by atoms with Gasteiger partial charge in [0.05, 0.1) is 7.11 Å². The lowest BCUT2D eigenvalue weighted by atomic mass is 10.3. The van der Waals surface area contributed by atoms with Crippen LogP contribution in [0.5, 0.6) is 5.88 Å². The molecule has 0 aromatic carbocycles. The zero-order valence-electron chi connectivity index (χ0n) is 8.73. The molecule has 0 aliphatic rings. The summed E-state index contributed by atoms with van der Waals surface area (Å²) < 4.78 is 5.05. The molecule has 0 atom stereocenters. The van der Waals surface area contributed by atoms with Gasteiger partial charge < -0.3 is 15.4 Å². The maximum absolute atomic E-state index is 5.44. The minimum Gasteiger partial charge on any atom is -0.481 e. The standard InChI is InChI=1S/C10H17N3O/c1-13(8-4-7-11)9-5-3-6-10(12-9)14-2/h3,5-6H,4,7-8,11H2,1-2H3. The van der Waals surface area contributed by atoms with Crippen LogP contribution in [-0.4, -0.2) is 32.2 Å². The second kappa shape index (κ2) is 5.44. The topological polar surface area (TPSA) is 51.4 Å². The van der Waals surface area contributed by atoms with E-state index in [4.69, 9.17) is 10.5 Å². The SMILES string of the molecule is COc1cccc(N(C)CCCN)n1. The van der Waals surface area contributed by atoms with Crippen LogP contribution in [-0.2, 0) is 0 Å². The Morgan fingerprint density at radius 1 is 1.50 bits per heavy atom. The summed E-state index contributed by atoms with van der Waals surface area (Å²) in [6.45, 7) is 1.62. The summed E-state index contributed by atoms with van der Waals surface area (Å²) in [5, 5.41) is 0. The van der Waals surface area contributed by atoms with Gasteiger partial charge in [-0.15, -0.1) is 0 Å². The van der Waals surface area contributed by atoms with Crippen molar-refractivity contribution in [1.82, 2.24) is 4.98 Å². The molecule has 0 aliphatic heterocycles. The number of methoxy groups -OCH3 is 1. The third-order valence-corrected chi connectivity index (χ3v) is 2.01. The van der Waals surface area contributed by atoms with Crippen molar-refractivity contribution in [3.8, 4) is 5.88 Å². The van der Waals surface area contributed by atoms with E-state index in [1.54, 1.807) is 7.11 Å². The van der Waals surface area contributed by atoms with Gasteiger partial charge in [0.15, 0.2) is 0 Å². The van der Waals surface area contributed by atoms with Crippen LogP contribution in [0, 0.1) is 0 Å². The molecule has 0 spiro atoms. The molecule has 1 aromatic rings. The lowest BCUT2D eigenvalue weighted by Gasteiger charge is -2.17. The molecule has 4 heteroatoms. The van der Waals surface area contributed by atoms with Crippen molar-refractivity contribution in [1.29, 1.82) is 0 Å². The van der Waals surface area contributed by atoms with Crippen LogP contribution in [0.2, 0.25) is 0 Å². The molecule has 0 aliphatic carbocycles. The molecule has 0 amide bonds. The molecule has 2 N–H and O–H groups in total. The average Bonchev–Trinajstić information content (AvgIpc) is 2.26. The minimum absolute atomic E-state index is 0.641. The maximum Gasteiger partial charge on any atom is 0.214 e. The van der Waals surface area contributed by atoms with Crippen molar-refractivity contribution in [3.63, 3.8) is 0 Å². The molecule has 0 bridgehead atoms. The number of hydrogen-bond acceptors (Lipinski definition) is 4. The first-order valence-electron chi connectivity index (χ1n) is 4.70. The number of nitrogens with zero attached hydrogens (tertiary/aromatic N) is 2. The lowest BCUT2D eigenvalue weighted by Crippen LogP contribution is -2.21. The van der Waals surface area contributed by atoms with Crippen molar-refractivity contribution in [2.75, 3.05) is 32.1 Å². The van der Waals surface area contributed by atoms with Gasteiger partial charge in [-0.3, -0.25) is 0 Å². The van der Waals surface area contributed by atoms with Crippen LogP contribution >= 0.6 is 0 Å². The van der Waals surface area contributed by atoms with Gasteiger partial charge in [-0.05, 0) is 19.0 Å². The summed E-state index contributed by atoms with van der Waals surface area (Å²) in [6, 6.07) is 5.72. The first-order chi connectivity index (χ1) is 6.77. The van der Waals surface area contributed by atoms with E-state index in [-0.39, 0.29) is 0 Å². The van der Waals surface area contributed by atoms with Crippen molar-refractivity contribution in [2.45, 2.75) is 6.42 Å². The van der Waals surface area contributed by atoms with Crippen LogP contribution in [0.1, 0.15) is 6.42 Å². The van der Waals surface area contributed by atoms with E-state index in [9.17, 15) is 0 Å². The number of ether oxygens (including phenoxy) is 1. The fourth-order valence-electron chi connectivity index (χ4n) is 1.17. The fraction of sp³-hybridized carbons (Fsp3) is 0.500. The van der Waals surface area contributed by atoms with E-state index in [1.165, 1.54) is 0 Å². The molecule has 1 heterocycles. The Morgan fingerprint density at radius 2 is 2.29 bits per heavy atom. The number of nitrogens with two attached hydrogens (primary N) is 1. The highest BCUT2D eigenvalue weighted by Gasteiger charge is 2.02. The summed E-state index contributed by atoms with van der Waals surface area (Å²) >= 11 is 0. The molecular weight excluding hydrogens is 178 g/mol. The molecule has 4 nitrogen and oxygen atoms in total. The van der Waals surface area contributed by atoms with Gasteiger partial charge in [-0.2, -0.15) is 4.98 Å². The highest BCUT2D eigenvalue weighted by Crippen LogP contribution is 2.13. The summed E-state index contributed by atoms with van der Waals surface area (Å²) in [6.07, 6.45) is 0.968. The van der Waals surface area contributed by atoms with Crippen LogP contribution < -0.4 is 15.4 Å². The summed E-state index contributed by atoms with van der Waals surface area (Å²) in [4.78, 5) is 6.37. The van der Waals surface area contributed by atoms with Crippen molar-refractivity contribution in [2.24, 2.45) is 5.73 Å². The predicted octanol–water partition coefficient (Wildman–Crippen LogP) is 0.875. The summed E-state index contributed by atoms with van der Waals surface area (Å²) in [5.74, 6) is 1.56. The number of hydrogen-bond donors (Lipinski definition) is 1. The van der Waals surface area contributed by atoms with E-state index < -0.39 is 0 Å². The molecule has 0 saturated carbocycles. The molecule has 1 aromatic heterocycles. The second-order valence-corrected chi connectivity index (χ2v) is 3.10. The largest absolute Gasteiger partial charge is 0.481 e. The predicted molar refractivity (Wildman–Crippen MR) is 57.7 cm³/mol. The number of rotatable bonds is 5. The van der Waals surface area contributed by atoms with Gasteiger partial charge in [-0.25, -0.2) is 0 Å². The maximum atomic E-state index is 5.44. The Kier molecular flexibility index (Phi) is 4.19. The van der Waals surface area contributed by atoms with Gasteiger partial charge in [0, 0.05) is 19.7 Å². The summed E-state index contributed by atoms with van der Waals surface area (Å²) in [5.41, 5.74) is 5.44. The normalized spacial score (nSPS) is 9.93. The van der Waals surface area contributed by atoms with Crippen molar-refractivity contribution < 1.29 is 4.74 Å². The first-order valence-corrected chi connectivity index (χ1v) is 4.70. The van der Waals surface area contributed by atoms with E-state index >= 15 is 0 Å². The monoisotopic (exact) mass is 195 g/mol. The highest BCUT2D eigenvalue weighted by molar-refractivity contribution is 5.39. The van der Waals surface area contributed by atoms with Crippen LogP contribution in [0.3, 0.4) is 0 Å². The Morgan fingerprint density at radius 3 is 2.93 bits per heavy atom. The van der Waals surface area contributed by atoms with E-state index in [0.717, 1.165) is 18.8 Å². The Bertz CT molecular complexity index is 278. The molecule has 0 fully saturated rings. The number of aromatic nitrogens is 1. The fourth-order valence-corrected chi connectivity index (χ4v) is 1.17. The van der Waals surface area contributed by atoms with Gasteiger partial charge in [0.25, 0.3) is 0 Å². The summed E-state index contributed by atoms with van der Waals surface area (Å²) in [7, 11) is 3.61. The van der Waals surface area contributed by atoms with Crippen LogP contribution in [0.15, 0.2) is 18.2 Å². The molecule has 1 rings (SSSR count). The van der Waals surface area contributed by atoms with E-state index in [1.807, 2.05) is 25.2 Å². The zero-order chi connectivity index (χ0) is 10.4. The Labute approximate surface area is 84.7 Å². The van der Waals surface area contributed by atoms with Gasteiger partial charge >= 0.3 is 0 Å². The van der Waals surface area contributed by atoms with Crippen LogP contribution in [0.4, 0.5) is 5.82 Å². The zero-order valence-corrected chi connectivity index (χ0v) is 8.73. The Hall–Kier alpha value is -1.29. The third-order valence-electron chi connectivity index (χ3n) is 2.01. The van der Waals surface area contributed by atoms with Gasteiger partial charge in [-0.1, -0.05) is 6.07 Å². The third kappa shape index (κ3) is 2.88. The minimum atomic E-state index is 0.641. The molecular formula is C10H17N3O. The second-order valence-electron chi connectivity index (χ2n) is 3.10. The first kappa shape index (κ1) is 10.8. The van der Waals surface area contributed by atoms with Gasteiger partial charge in [0.1, 0.15) is 5.82 Å². The van der Waals surface area contributed by atoms with Gasteiger partial charge in [0.2, 0.25) is 5.88 Å². The van der Waals surface area contributed by atoms with Crippen molar-refractivity contribution >= 4 is 5.82 Å². The highest BCUT2D eigenvalue weighted by atomic mass is 16.5. The molecule has 0 unspecified atom stereocenters. The smallest absolute Gasteiger partial charge is 0.214 e.